The van der Waals surface area contributed by atoms with Crippen molar-refractivity contribution in [3.8, 4) is 0 Å². The van der Waals surface area contributed by atoms with Crippen molar-refractivity contribution in [2.75, 3.05) is 45.3 Å². The third kappa shape index (κ3) is 8.01. The number of methoxy groups -OCH3 is 1. The van der Waals surface area contributed by atoms with Crippen molar-refractivity contribution < 1.29 is 23.9 Å². The maximum absolute atomic E-state index is 12.6. The Morgan fingerprint density at radius 2 is 2.14 bits per heavy atom. The van der Waals surface area contributed by atoms with Gasteiger partial charge in [0.05, 0.1) is 19.3 Å². The zero-order chi connectivity index (χ0) is 20.2. The number of nitrogens with zero attached hydrogens (tertiary/aromatic N) is 2. The molecule has 1 fully saturated rings. The highest BCUT2D eigenvalue weighted by Crippen LogP contribution is 2.14. The first-order valence-corrected chi connectivity index (χ1v) is 9.44. The van der Waals surface area contributed by atoms with Crippen LogP contribution in [0.3, 0.4) is 0 Å². The Hall–Kier alpha value is -2.52. The zero-order valence-electron chi connectivity index (χ0n) is 16.2. The van der Waals surface area contributed by atoms with Crippen LogP contribution < -0.4 is 10.6 Å². The highest BCUT2D eigenvalue weighted by molar-refractivity contribution is 5.93. The van der Waals surface area contributed by atoms with Gasteiger partial charge in [0, 0.05) is 45.8 Å². The Labute approximate surface area is 164 Å². The number of nitrogens with one attached hydrogen (secondary N) is 2. The van der Waals surface area contributed by atoms with Gasteiger partial charge in [-0.25, -0.2) is 4.98 Å². The molecule has 0 radical (unpaired) electrons. The van der Waals surface area contributed by atoms with Gasteiger partial charge in [-0.1, -0.05) is 6.07 Å². The van der Waals surface area contributed by atoms with E-state index in [0.29, 0.717) is 32.1 Å². The predicted molar refractivity (Wildman–Crippen MR) is 103 cm³/mol. The summed E-state index contributed by atoms with van der Waals surface area (Å²) in [4.78, 5) is 42.2. The molecule has 1 saturated heterocycles. The van der Waals surface area contributed by atoms with Crippen molar-refractivity contribution in [3.05, 3.63) is 24.4 Å². The molecule has 9 nitrogen and oxygen atoms in total. The number of aromatic nitrogens is 1. The van der Waals surface area contributed by atoms with Crippen molar-refractivity contribution in [2.45, 2.75) is 31.8 Å². The first-order chi connectivity index (χ1) is 13.6. The molecule has 0 saturated carbocycles. The molecule has 1 aliphatic heterocycles. The summed E-state index contributed by atoms with van der Waals surface area (Å²) < 4.78 is 10.5. The van der Waals surface area contributed by atoms with Gasteiger partial charge in [0.2, 0.25) is 17.7 Å². The second-order valence-corrected chi connectivity index (χ2v) is 6.52. The quantitative estimate of drug-likeness (QED) is 0.533. The van der Waals surface area contributed by atoms with Gasteiger partial charge < -0.3 is 25.0 Å². The number of rotatable bonds is 11. The van der Waals surface area contributed by atoms with Crippen LogP contribution in [0, 0.1) is 0 Å². The fraction of sp³-hybridized carbons (Fsp3) is 0.579. The van der Waals surface area contributed by atoms with Crippen LogP contribution in [-0.4, -0.2) is 73.7 Å². The minimum Gasteiger partial charge on any atom is -0.383 e. The normalized spacial score (nSPS) is 15.8. The maximum Gasteiger partial charge on any atom is 0.239 e. The highest BCUT2D eigenvalue weighted by Gasteiger charge is 2.24. The van der Waals surface area contributed by atoms with Gasteiger partial charge in [-0.2, -0.15) is 0 Å². The lowest BCUT2D eigenvalue weighted by Gasteiger charge is -2.25. The van der Waals surface area contributed by atoms with Crippen LogP contribution in [-0.2, 0) is 23.9 Å². The summed E-state index contributed by atoms with van der Waals surface area (Å²) in [6.07, 6.45) is 3.33. The second-order valence-electron chi connectivity index (χ2n) is 6.52. The van der Waals surface area contributed by atoms with E-state index < -0.39 is 0 Å². The molecule has 154 valence electrons. The van der Waals surface area contributed by atoms with Crippen LogP contribution in [0.1, 0.15) is 25.7 Å². The molecule has 2 heterocycles. The van der Waals surface area contributed by atoms with Crippen LogP contribution in [0.2, 0.25) is 0 Å². The lowest BCUT2D eigenvalue weighted by molar-refractivity contribution is -0.138. The number of carbonyl (C=O) groups is 3. The lowest BCUT2D eigenvalue weighted by Crippen LogP contribution is -2.44. The van der Waals surface area contributed by atoms with Crippen LogP contribution >= 0.6 is 0 Å². The Morgan fingerprint density at radius 3 is 2.82 bits per heavy atom. The van der Waals surface area contributed by atoms with E-state index in [-0.39, 0.29) is 43.2 Å². The number of pyridine rings is 1. The monoisotopic (exact) mass is 392 g/mol. The third-order valence-corrected chi connectivity index (χ3v) is 4.26. The van der Waals surface area contributed by atoms with Gasteiger partial charge in [0.15, 0.2) is 0 Å². The number of hydrogen-bond acceptors (Lipinski definition) is 6. The second kappa shape index (κ2) is 12.0. The summed E-state index contributed by atoms with van der Waals surface area (Å²) in [7, 11) is 1.55. The maximum atomic E-state index is 12.6. The van der Waals surface area contributed by atoms with Gasteiger partial charge in [-0.05, 0) is 25.0 Å². The fourth-order valence-electron chi connectivity index (χ4n) is 2.83. The molecule has 0 aromatic carbocycles. The van der Waals surface area contributed by atoms with E-state index in [9.17, 15) is 14.4 Å². The van der Waals surface area contributed by atoms with E-state index in [2.05, 4.69) is 15.6 Å². The van der Waals surface area contributed by atoms with Gasteiger partial charge in [0.1, 0.15) is 5.82 Å². The Kier molecular flexibility index (Phi) is 9.36. The number of carbonyl (C=O) groups excluding carboxylic acids is 3. The fourth-order valence-corrected chi connectivity index (χ4v) is 2.83. The predicted octanol–water partition coefficient (Wildman–Crippen LogP) is 0.571. The summed E-state index contributed by atoms with van der Waals surface area (Å²) in [5.41, 5.74) is 0. The molecule has 3 amide bonds. The molecule has 1 aliphatic rings. The molecule has 2 N–H and O–H groups in total. The lowest BCUT2D eigenvalue weighted by atomic mass is 10.2. The van der Waals surface area contributed by atoms with E-state index in [1.807, 2.05) is 0 Å². The number of ether oxygens (including phenoxy) is 2. The van der Waals surface area contributed by atoms with Crippen molar-refractivity contribution in [1.29, 1.82) is 0 Å². The molecule has 1 aromatic heterocycles. The topological polar surface area (TPSA) is 110 Å². The summed E-state index contributed by atoms with van der Waals surface area (Å²) in [5.74, 6) is -0.378. The van der Waals surface area contributed by atoms with Gasteiger partial charge in [-0.3, -0.25) is 14.4 Å². The molecular formula is C19H28N4O5. The van der Waals surface area contributed by atoms with E-state index in [4.69, 9.17) is 9.47 Å². The smallest absolute Gasteiger partial charge is 0.239 e. The zero-order valence-corrected chi connectivity index (χ0v) is 16.2. The summed E-state index contributed by atoms with van der Waals surface area (Å²) in [6.45, 7) is 1.73. The standard InChI is InChI=1S/C19H28N4O5/c1-27-12-10-21-18(25)14-23(13-15-5-4-11-28-15)19(26)8-7-17(24)22-16-6-2-3-9-20-16/h2-3,6,9,15H,4-5,7-8,10-14H2,1H3,(H,21,25)(H,20,22,24)/t15-/m0/s1. The Bertz CT molecular complexity index is 634. The number of hydrogen-bond donors (Lipinski definition) is 2. The third-order valence-electron chi connectivity index (χ3n) is 4.26. The van der Waals surface area contributed by atoms with E-state index in [1.54, 1.807) is 31.5 Å². The molecule has 1 aromatic rings. The summed E-state index contributed by atoms with van der Waals surface area (Å²) in [5, 5.41) is 5.35. The van der Waals surface area contributed by atoms with Crippen molar-refractivity contribution >= 4 is 23.5 Å². The van der Waals surface area contributed by atoms with Gasteiger partial charge in [0.25, 0.3) is 0 Å². The molecule has 0 aliphatic carbocycles. The molecule has 0 unspecified atom stereocenters. The van der Waals surface area contributed by atoms with E-state index in [0.717, 1.165) is 12.8 Å². The molecular weight excluding hydrogens is 364 g/mol. The van der Waals surface area contributed by atoms with Crippen LogP contribution in [0.5, 0.6) is 0 Å². The van der Waals surface area contributed by atoms with Crippen LogP contribution in [0.25, 0.3) is 0 Å². The summed E-state index contributed by atoms with van der Waals surface area (Å²) >= 11 is 0. The van der Waals surface area contributed by atoms with Gasteiger partial charge in [-0.15, -0.1) is 0 Å². The minimum atomic E-state index is -0.298. The minimum absolute atomic E-state index is 0.0107. The van der Waals surface area contributed by atoms with Crippen LogP contribution in [0.4, 0.5) is 5.82 Å². The average molecular weight is 392 g/mol. The van der Waals surface area contributed by atoms with Crippen molar-refractivity contribution in [3.63, 3.8) is 0 Å². The first kappa shape index (κ1) is 21.8. The molecule has 28 heavy (non-hydrogen) atoms. The SMILES string of the molecule is COCCNC(=O)CN(C[C@@H]1CCCO1)C(=O)CCC(=O)Nc1ccccn1. The molecule has 9 heteroatoms. The van der Waals surface area contributed by atoms with E-state index >= 15 is 0 Å². The highest BCUT2D eigenvalue weighted by atomic mass is 16.5. The first-order valence-electron chi connectivity index (χ1n) is 9.44. The number of amides is 3. The van der Waals surface area contributed by atoms with E-state index in [1.165, 1.54) is 4.90 Å². The van der Waals surface area contributed by atoms with Crippen molar-refractivity contribution in [1.82, 2.24) is 15.2 Å². The Balaban J connectivity index is 1.84. The molecule has 0 bridgehead atoms. The largest absolute Gasteiger partial charge is 0.383 e. The number of anilines is 1. The van der Waals surface area contributed by atoms with Crippen molar-refractivity contribution in [2.24, 2.45) is 0 Å². The Morgan fingerprint density at radius 1 is 1.29 bits per heavy atom. The van der Waals surface area contributed by atoms with Gasteiger partial charge >= 0.3 is 0 Å². The average Bonchev–Trinajstić information content (AvgIpc) is 3.20. The summed E-state index contributed by atoms with van der Waals surface area (Å²) in [6, 6.07) is 5.19. The molecule has 0 spiro atoms. The molecule has 1 atom stereocenters. The molecule has 2 rings (SSSR count). The van der Waals surface area contributed by atoms with Crippen LogP contribution in [0.15, 0.2) is 24.4 Å².